The molecule has 36 heavy (non-hydrogen) atoms. The number of fused-ring (bicyclic) bond motifs is 2. The Balaban J connectivity index is 0.000000392. The number of hydrogen-bond donors (Lipinski definition) is 3. The third kappa shape index (κ3) is 7.15. The molecule has 4 rings (SSSR count). The molecule has 0 radical (unpaired) electrons. The van der Waals surface area contributed by atoms with Gasteiger partial charge in [0.15, 0.2) is 0 Å². The van der Waals surface area contributed by atoms with Crippen LogP contribution in [0.5, 0.6) is 0 Å². The van der Waals surface area contributed by atoms with Crippen LogP contribution in [0.15, 0.2) is 72.3 Å². The van der Waals surface area contributed by atoms with Crippen molar-refractivity contribution in [1.82, 2.24) is 10.2 Å². The molecule has 0 unspecified atom stereocenters. The normalized spacial score (nSPS) is 19.8. The lowest BCUT2D eigenvalue weighted by molar-refractivity contribution is -0.134. The first-order chi connectivity index (χ1) is 17.3. The minimum Gasteiger partial charge on any atom is -0.478 e. The number of piperidine rings is 1. The van der Waals surface area contributed by atoms with E-state index in [1.807, 2.05) is 30.9 Å². The summed E-state index contributed by atoms with van der Waals surface area (Å²) in [5.74, 6) is -2.40. The highest BCUT2D eigenvalue weighted by Crippen LogP contribution is 2.38. The number of nitrogens with zero attached hydrogens (tertiary/aromatic N) is 1. The van der Waals surface area contributed by atoms with Crippen LogP contribution in [0, 0.1) is 0 Å². The van der Waals surface area contributed by atoms with Gasteiger partial charge in [-0.05, 0) is 68.4 Å². The van der Waals surface area contributed by atoms with Crippen molar-refractivity contribution in [1.29, 1.82) is 0 Å². The number of benzene rings is 2. The highest BCUT2D eigenvalue weighted by molar-refractivity contribution is 5.95. The molecular formula is C29H34N2O5. The van der Waals surface area contributed by atoms with Crippen molar-refractivity contribution in [2.24, 2.45) is 0 Å². The van der Waals surface area contributed by atoms with E-state index in [1.54, 1.807) is 5.57 Å². The molecule has 0 saturated carbocycles. The number of carbonyl (C=O) groups is 3. The van der Waals surface area contributed by atoms with E-state index in [9.17, 15) is 14.4 Å². The average Bonchev–Trinajstić information content (AvgIpc) is 3.22. The number of amides is 1. The number of carboxylic acids is 2. The van der Waals surface area contributed by atoms with Crippen molar-refractivity contribution in [3.05, 3.63) is 89.0 Å². The quantitative estimate of drug-likeness (QED) is 0.490. The van der Waals surface area contributed by atoms with E-state index >= 15 is 0 Å². The van der Waals surface area contributed by atoms with Gasteiger partial charge in [-0.25, -0.2) is 9.59 Å². The number of rotatable bonds is 7. The van der Waals surface area contributed by atoms with Gasteiger partial charge in [-0.3, -0.25) is 4.79 Å². The fraction of sp³-hybridized carbons (Fsp3) is 0.345. The van der Waals surface area contributed by atoms with Gasteiger partial charge in [-0.2, -0.15) is 0 Å². The second kappa shape index (κ2) is 12.8. The molecule has 2 aromatic rings. The first-order valence-corrected chi connectivity index (χ1v) is 12.4. The first kappa shape index (κ1) is 26.9. The molecule has 2 heterocycles. The third-order valence-electron chi connectivity index (χ3n) is 6.58. The summed E-state index contributed by atoms with van der Waals surface area (Å²) in [6.45, 7) is 5.54. The van der Waals surface area contributed by atoms with Gasteiger partial charge in [0.2, 0.25) is 0 Å². The Labute approximate surface area is 212 Å². The molecule has 2 aliphatic heterocycles. The summed E-state index contributed by atoms with van der Waals surface area (Å²) in [6, 6.07) is 20.2. The molecule has 7 nitrogen and oxygen atoms in total. The smallest absolute Gasteiger partial charge is 0.328 e. The van der Waals surface area contributed by atoms with Crippen LogP contribution in [0.4, 0.5) is 0 Å². The molecule has 0 spiro atoms. The monoisotopic (exact) mass is 490 g/mol. The fourth-order valence-corrected chi connectivity index (χ4v) is 4.90. The molecular weight excluding hydrogens is 456 g/mol. The van der Waals surface area contributed by atoms with Gasteiger partial charge in [0.05, 0.1) is 0 Å². The first-order valence-electron chi connectivity index (χ1n) is 12.4. The summed E-state index contributed by atoms with van der Waals surface area (Å²) in [7, 11) is 0. The van der Waals surface area contributed by atoms with Gasteiger partial charge in [0.1, 0.15) is 0 Å². The van der Waals surface area contributed by atoms with E-state index in [0.717, 1.165) is 31.5 Å². The maximum absolute atomic E-state index is 12.7. The molecule has 190 valence electrons. The maximum Gasteiger partial charge on any atom is 0.328 e. The lowest BCUT2D eigenvalue weighted by Crippen LogP contribution is -2.35. The largest absolute Gasteiger partial charge is 0.478 e. The topological polar surface area (TPSA) is 107 Å². The molecule has 0 aliphatic carbocycles. The lowest BCUT2D eigenvalue weighted by atomic mass is 9.86. The van der Waals surface area contributed by atoms with Crippen LogP contribution >= 0.6 is 0 Å². The van der Waals surface area contributed by atoms with E-state index in [-0.39, 0.29) is 5.91 Å². The molecule has 2 fully saturated rings. The molecule has 2 aliphatic rings. The molecule has 2 saturated heterocycles. The number of nitrogens with one attached hydrogen (secondary N) is 1. The predicted molar refractivity (Wildman–Crippen MR) is 140 cm³/mol. The third-order valence-corrected chi connectivity index (χ3v) is 6.58. The second-order valence-electron chi connectivity index (χ2n) is 8.96. The summed E-state index contributed by atoms with van der Waals surface area (Å²) in [4.78, 5) is 33.6. The Morgan fingerprint density at radius 3 is 1.75 bits per heavy atom. The maximum atomic E-state index is 12.7. The Morgan fingerprint density at radius 2 is 1.28 bits per heavy atom. The van der Waals surface area contributed by atoms with E-state index in [4.69, 9.17) is 10.2 Å². The zero-order valence-corrected chi connectivity index (χ0v) is 20.8. The van der Waals surface area contributed by atoms with Crippen LogP contribution in [-0.4, -0.2) is 58.1 Å². The van der Waals surface area contributed by atoms with Gasteiger partial charge < -0.3 is 20.4 Å². The van der Waals surface area contributed by atoms with Crippen LogP contribution in [-0.2, 0) is 9.59 Å². The van der Waals surface area contributed by atoms with Crippen molar-refractivity contribution in [2.75, 3.05) is 13.1 Å². The van der Waals surface area contributed by atoms with Gasteiger partial charge in [-0.15, -0.1) is 0 Å². The summed E-state index contributed by atoms with van der Waals surface area (Å²) in [5, 5.41) is 19.4. The van der Waals surface area contributed by atoms with Gasteiger partial charge >= 0.3 is 11.9 Å². The summed E-state index contributed by atoms with van der Waals surface area (Å²) in [5.41, 5.74) is 6.19. The highest BCUT2D eigenvalue weighted by atomic mass is 16.4. The van der Waals surface area contributed by atoms with E-state index < -0.39 is 11.9 Å². The minimum atomic E-state index is -1.26. The van der Waals surface area contributed by atoms with Crippen LogP contribution in [0.3, 0.4) is 0 Å². The Kier molecular flexibility index (Phi) is 9.59. The van der Waals surface area contributed by atoms with E-state index in [2.05, 4.69) is 47.8 Å². The van der Waals surface area contributed by atoms with Crippen molar-refractivity contribution in [3.8, 4) is 0 Å². The lowest BCUT2D eigenvalue weighted by Gasteiger charge is -2.27. The zero-order valence-electron chi connectivity index (χ0n) is 20.8. The van der Waals surface area contributed by atoms with E-state index in [1.165, 1.54) is 29.5 Å². The number of carboxylic acid groups (broad SMARTS) is 2. The van der Waals surface area contributed by atoms with Gasteiger partial charge in [-0.1, -0.05) is 48.0 Å². The molecule has 2 bridgehead atoms. The van der Waals surface area contributed by atoms with E-state index in [0.29, 0.717) is 24.2 Å². The average molecular weight is 491 g/mol. The van der Waals surface area contributed by atoms with Crippen LogP contribution < -0.4 is 5.32 Å². The van der Waals surface area contributed by atoms with Gasteiger partial charge in [0.25, 0.3) is 5.91 Å². The SMILES string of the molecule is CCN(CC)C(=O)c1ccc(C(=C2C[C@H]3CC[C@@H](C2)N3)c2ccccc2)cc1.O=C(O)/C=C/C(=O)O. The van der Waals surface area contributed by atoms with Crippen molar-refractivity contribution in [3.63, 3.8) is 0 Å². The predicted octanol–water partition coefficient (Wildman–Crippen LogP) is 4.60. The number of hydrogen-bond acceptors (Lipinski definition) is 4. The molecule has 2 atom stereocenters. The molecule has 2 aromatic carbocycles. The minimum absolute atomic E-state index is 0.116. The second-order valence-corrected chi connectivity index (χ2v) is 8.96. The van der Waals surface area contributed by atoms with Crippen LogP contribution in [0.1, 0.15) is 61.0 Å². The van der Waals surface area contributed by atoms with Gasteiger partial charge in [0, 0.05) is 42.9 Å². The summed E-state index contributed by atoms with van der Waals surface area (Å²) in [6.07, 6.45) is 5.94. The summed E-state index contributed by atoms with van der Waals surface area (Å²) >= 11 is 0. The van der Waals surface area contributed by atoms with Crippen molar-refractivity contribution < 1.29 is 24.6 Å². The van der Waals surface area contributed by atoms with Crippen molar-refractivity contribution in [2.45, 2.75) is 51.6 Å². The molecule has 0 aromatic heterocycles. The van der Waals surface area contributed by atoms with Crippen LogP contribution in [0.25, 0.3) is 5.57 Å². The molecule has 1 amide bonds. The zero-order chi connectivity index (χ0) is 26.1. The fourth-order valence-electron chi connectivity index (χ4n) is 4.90. The number of carbonyl (C=O) groups excluding carboxylic acids is 1. The van der Waals surface area contributed by atoms with Crippen molar-refractivity contribution >= 4 is 23.4 Å². The Hall–Kier alpha value is -3.71. The van der Waals surface area contributed by atoms with Crippen LogP contribution in [0.2, 0.25) is 0 Å². The molecule has 7 heteroatoms. The Bertz CT molecular complexity index is 1090. The standard InChI is InChI=1S/C25H30N2O.C4H4O4/c1-3-27(4-2)25(28)20-12-10-19(11-13-20)24(18-8-6-5-7-9-18)21-16-22-14-15-23(17-21)26-22;5-3(6)1-2-4(7)8/h5-13,22-23,26H,3-4,14-17H2,1-2H3;1-2H,(H,5,6)(H,7,8)/b;2-1+/t22-,23+;. The summed E-state index contributed by atoms with van der Waals surface area (Å²) < 4.78 is 0. The molecule has 3 N–H and O–H groups in total. The Morgan fingerprint density at radius 1 is 0.806 bits per heavy atom. The number of aliphatic carboxylic acids is 2. The highest BCUT2D eigenvalue weighted by Gasteiger charge is 2.32.